The summed E-state index contributed by atoms with van der Waals surface area (Å²) in [6.45, 7) is 2.12. The molecule has 2 aromatic heterocycles. The third kappa shape index (κ3) is 2.75. The van der Waals surface area contributed by atoms with Crippen molar-refractivity contribution in [1.29, 1.82) is 0 Å². The Balaban J connectivity index is 1.76. The Morgan fingerprint density at radius 1 is 1.38 bits per heavy atom. The number of carbonyl (C=O) groups is 1. The summed E-state index contributed by atoms with van der Waals surface area (Å²) >= 11 is 1.41. The van der Waals surface area contributed by atoms with E-state index in [9.17, 15) is 4.79 Å². The lowest BCUT2D eigenvalue weighted by Crippen LogP contribution is -2.06. The average molecular weight is 301 g/mol. The second-order valence-corrected chi connectivity index (χ2v) is 5.97. The van der Waals surface area contributed by atoms with E-state index in [1.165, 1.54) is 11.3 Å². The molecule has 0 unspecified atom stereocenters. The zero-order chi connectivity index (χ0) is 15.0. The molecule has 0 fully saturated rings. The van der Waals surface area contributed by atoms with Gasteiger partial charge in [-0.05, 0) is 42.6 Å². The first kappa shape index (κ1) is 13.6. The number of hydrogen-bond acceptors (Lipinski definition) is 5. The molecule has 0 aliphatic heterocycles. The van der Waals surface area contributed by atoms with Gasteiger partial charge in [0, 0.05) is 17.4 Å². The summed E-state index contributed by atoms with van der Waals surface area (Å²) in [6.07, 6.45) is 0. The predicted molar refractivity (Wildman–Crippen MR) is 83.3 cm³/mol. The lowest BCUT2D eigenvalue weighted by Gasteiger charge is -2.03. The van der Waals surface area contributed by atoms with Crippen LogP contribution in [0, 0.1) is 6.92 Å². The first-order valence-corrected chi connectivity index (χ1v) is 7.30. The number of hydrogen-bond donors (Lipinski definition) is 1. The van der Waals surface area contributed by atoms with Gasteiger partial charge in [0.2, 0.25) is 0 Å². The van der Waals surface area contributed by atoms with Crippen molar-refractivity contribution in [3.05, 3.63) is 46.6 Å². The van der Waals surface area contributed by atoms with Crippen LogP contribution in [0.1, 0.15) is 21.1 Å². The number of anilines is 1. The maximum atomic E-state index is 12.1. The van der Waals surface area contributed by atoms with Crippen molar-refractivity contribution in [3.8, 4) is 0 Å². The zero-order valence-corrected chi connectivity index (χ0v) is 12.6. The number of benzene rings is 1. The molecule has 2 N–H and O–H groups in total. The van der Waals surface area contributed by atoms with E-state index in [2.05, 4.69) is 5.10 Å². The van der Waals surface area contributed by atoms with Crippen molar-refractivity contribution >= 4 is 33.1 Å². The number of aromatic nitrogens is 2. The van der Waals surface area contributed by atoms with Gasteiger partial charge in [0.1, 0.15) is 11.5 Å². The van der Waals surface area contributed by atoms with Gasteiger partial charge in [-0.3, -0.25) is 4.68 Å². The topological polar surface area (TPSA) is 70.1 Å². The number of nitrogen functional groups attached to an aromatic ring is 1. The van der Waals surface area contributed by atoms with E-state index in [0.29, 0.717) is 10.6 Å². The Morgan fingerprint density at radius 2 is 2.19 bits per heavy atom. The van der Waals surface area contributed by atoms with Crippen LogP contribution in [0.2, 0.25) is 0 Å². The molecule has 0 atom stereocenters. The summed E-state index contributed by atoms with van der Waals surface area (Å²) in [5.74, 6) is -0.325. The summed E-state index contributed by atoms with van der Waals surface area (Å²) in [6, 6.07) is 9.31. The van der Waals surface area contributed by atoms with Crippen molar-refractivity contribution < 1.29 is 9.53 Å². The van der Waals surface area contributed by atoms with Crippen LogP contribution in [-0.2, 0) is 18.4 Å². The molecule has 5 nitrogen and oxygen atoms in total. The van der Waals surface area contributed by atoms with Gasteiger partial charge in [-0.15, -0.1) is 11.3 Å². The molecule has 0 saturated carbocycles. The van der Waals surface area contributed by atoms with Gasteiger partial charge >= 0.3 is 5.97 Å². The van der Waals surface area contributed by atoms with Crippen LogP contribution in [0.3, 0.4) is 0 Å². The van der Waals surface area contributed by atoms with Crippen molar-refractivity contribution in [2.75, 3.05) is 5.73 Å². The summed E-state index contributed by atoms with van der Waals surface area (Å²) in [5.41, 5.74) is 8.20. The van der Waals surface area contributed by atoms with E-state index in [4.69, 9.17) is 10.5 Å². The Bertz CT molecular complexity index is 820. The average Bonchev–Trinajstić information content (AvgIpc) is 2.98. The number of fused-ring (bicyclic) bond motifs is 1. The Kier molecular flexibility index (Phi) is 3.39. The fourth-order valence-corrected chi connectivity index (χ4v) is 3.11. The molecule has 0 aliphatic carbocycles. The zero-order valence-electron chi connectivity index (χ0n) is 11.8. The maximum absolute atomic E-state index is 12.1. The quantitative estimate of drug-likeness (QED) is 0.596. The summed E-state index contributed by atoms with van der Waals surface area (Å²) in [4.78, 5) is 12.7. The lowest BCUT2D eigenvalue weighted by atomic mass is 10.2. The van der Waals surface area contributed by atoms with E-state index in [-0.39, 0.29) is 12.6 Å². The third-order valence-corrected chi connectivity index (χ3v) is 4.29. The standard InChI is InChI=1S/C15H15N3O2S/c1-9-5-12(18(2)17-9)8-20-15(19)14-7-10-6-11(16)3-4-13(10)21-14/h3-7H,8,16H2,1-2H3. The predicted octanol–water partition coefficient (Wildman–Crippen LogP) is 2.88. The Morgan fingerprint density at radius 3 is 2.90 bits per heavy atom. The van der Waals surface area contributed by atoms with Gasteiger partial charge in [0.05, 0.1) is 11.4 Å². The Labute approximate surface area is 125 Å². The highest BCUT2D eigenvalue weighted by Gasteiger charge is 2.13. The number of nitrogens with zero attached hydrogens (tertiary/aromatic N) is 2. The molecule has 3 aromatic rings. The largest absolute Gasteiger partial charge is 0.455 e. The number of nitrogens with two attached hydrogens (primary N) is 1. The van der Waals surface area contributed by atoms with Crippen LogP contribution in [0.4, 0.5) is 5.69 Å². The highest BCUT2D eigenvalue weighted by atomic mass is 32.1. The van der Waals surface area contributed by atoms with Gasteiger partial charge in [-0.2, -0.15) is 5.10 Å². The molecule has 0 amide bonds. The molecule has 21 heavy (non-hydrogen) atoms. The number of rotatable bonds is 3. The summed E-state index contributed by atoms with van der Waals surface area (Å²) in [5, 5.41) is 5.18. The van der Waals surface area contributed by atoms with Crippen LogP contribution in [-0.4, -0.2) is 15.7 Å². The molecule has 6 heteroatoms. The fourth-order valence-electron chi connectivity index (χ4n) is 2.17. The molecule has 0 spiro atoms. The van der Waals surface area contributed by atoms with Crippen LogP contribution in [0.25, 0.3) is 10.1 Å². The van der Waals surface area contributed by atoms with E-state index >= 15 is 0 Å². The number of esters is 1. The second kappa shape index (κ2) is 5.21. The first-order valence-electron chi connectivity index (χ1n) is 6.48. The minimum absolute atomic E-state index is 0.215. The van der Waals surface area contributed by atoms with E-state index in [1.807, 2.05) is 44.3 Å². The van der Waals surface area contributed by atoms with Crippen molar-refractivity contribution in [1.82, 2.24) is 9.78 Å². The van der Waals surface area contributed by atoms with Gasteiger partial charge in [-0.1, -0.05) is 0 Å². The molecular weight excluding hydrogens is 286 g/mol. The molecule has 108 valence electrons. The van der Waals surface area contributed by atoms with E-state index in [0.717, 1.165) is 21.5 Å². The smallest absolute Gasteiger partial charge is 0.348 e. The minimum atomic E-state index is -0.325. The monoisotopic (exact) mass is 301 g/mol. The summed E-state index contributed by atoms with van der Waals surface area (Å²) in [7, 11) is 1.83. The van der Waals surface area contributed by atoms with Gasteiger partial charge in [0.15, 0.2) is 0 Å². The third-order valence-electron chi connectivity index (χ3n) is 3.19. The highest BCUT2D eigenvalue weighted by Crippen LogP contribution is 2.28. The lowest BCUT2D eigenvalue weighted by molar-refractivity contribution is 0.0469. The Hall–Kier alpha value is -2.34. The van der Waals surface area contributed by atoms with Crippen LogP contribution >= 0.6 is 11.3 Å². The van der Waals surface area contributed by atoms with Crippen LogP contribution in [0.15, 0.2) is 30.3 Å². The number of thiophene rings is 1. The molecule has 2 heterocycles. The van der Waals surface area contributed by atoms with Crippen molar-refractivity contribution in [2.45, 2.75) is 13.5 Å². The van der Waals surface area contributed by atoms with E-state index < -0.39 is 0 Å². The highest BCUT2D eigenvalue weighted by molar-refractivity contribution is 7.20. The van der Waals surface area contributed by atoms with E-state index in [1.54, 1.807) is 4.68 Å². The second-order valence-electron chi connectivity index (χ2n) is 4.88. The number of carbonyl (C=O) groups excluding carboxylic acids is 1. The molecule has 0 saturated heterocycles. The first-order chi connectivity index (χ1) is 10.0. The molecule has 0 aliphatic rings. The molecule has 0 bridgehead atoms. The molecule has 3 rings (SSSR count). The normalized spacial score (nSPS) is 11.0. The number of ether oxygens (including phenoxy) is 1. The number of aryl methyl sites for hydroxylation is 2. The van der Waals surface area contributed by atoms with Crippen molar-refractivity contribution in [2.24, 2.45) is 7.05 Å². The van der Waals surface area contributed by atoms with Crippen molar-refractivity contribution in [3.63, 3.8) is 0 Å². The van der Waals surface area contributed by atoms with Crippen LogP contribution in [0.5, 0.6) is 0 Å². The summed E-state index contributed by atoms with van der Waals surface area (Å²) < 4.78 is 8.08. The molecule has 1 aromatic carbocycles. The maximum Gasteiger partial charge on any atom is 0.348 e. The fraction of sp³-hybridized carbons (Fsp3) is 0.200. The van der Waals surface area contributed by atoms with Crippen LogP contribution < -0.4 is 5.73 Å². The van der Waals surface area contributed by atoms with Gasteiger partial charge in [-0.25, -0.2) is 4.79 Å². The molecule has 0 radical (unpaired) electrons. The molecular formula is C15H15N3O2S. The van der Waals surface area contributed by atoms with Gasteiger partial charge in [0.25, 0.3) is 0 Å². The SMILES string of the molecule is Cc1cc(COC(=O)c2cc3cc(N)ccc3s2)n(C)n1. The van der Waals surface area contributed by atoms with Gasteiger partial charge < -0.3 is 10.5 Å². The minimum Gasteiger partial charge on any atom is -0.455 e.